The van der Waals surface area contributed by atoms with Gasteiger partial charge < -0.3 is 0 Å². The quantitative estimate of drug-likeness (QED) is 0.669. The number of halogens is 3. The van der Waals surface area contributed by atoms with Crippen LogP contribution in [0.2, 0.25) is 0 Å². The van der Waals surface area contributed by atoms with Gasteiger partial charge >= 0.3 is 6.18 Å². The molecule has 0 aliphatic carbocycles. The first kappa shape index (κ1) is 10.8. The van der Waals surface area contributed by atoms with E-state index in [0.29, 0.717) is 12.0 Å². The van der Waals surface area contributed by atoms with Crippen molar-refractivity contribution in [3.63, 3.8) is 0 Å². The summed E-state index contributed by atoms with van der Waals surface area (Å²) in [4.78, 5) is 1.93. The van der Waals surface area contributed by atoms with Gasteiger partial charge in [0.2, 0.25) is 0 Å². The Labute approximate surface area is 76.9 Å². The molecule has 78 valence electrons. The van der Waals surface area contributed by atoms with Gasteiger partial charge in [0.25, 0.3) is 0 Å². The minimum atomic E-state index is -4.00. The van der Waals surface area contributed by atoms with Crippen LogP contribution in [0.3, 0.4) is 0 Å². The van der Waals surface area contributed by atoms with E-state index in [2.05, 4.69) is 13.8 Å². The fourth-order valence-electron chi connectivity index (χ4n) is 1.76. The summed E-state index contributed by atoms with van der Waals surface area (Å²) in [7, 11) is 0. The second-order valence-electron chi connectivity index (χ2n) is 4.00. The van der Waals surface area contributed by atoms with Gasteiger partial charge in [0.1, 0.15) is 0 Å². The molecule has 0 radical (unpaired) electrons. The summed E-state index contributed by atoms with van der Waals surface area (Å²) in [5.74, 6) is 0.474. The van der Waals surface area contributed by atoms with Crippen molar-refractivity contribution in [2.45, 2.75) is 38.9 Å². The fraction of sp³-hybridized carbons (Fsp3) is 1.00. The number of nitrogens with zero attached hydrogens (tertiary/aromatic N) is 1. The van der Waals surface area contributed by atoms with E-state index in [1.165, 1.54) is 0 Å². The number of likely N-dealkylation sites (tertiary alicyclic amines) is 1. The van der Waals surface area contributed by atoms with Gasteiger partial charge in [-0.25, -0.2) is 0 Å². The van der Waals surface area contributed by atoms with E-state index in [0.717, 1.165) is 13.0 Å². The molecule has 1 aliphatic heterocycles. The topological polar surface area (TPSA) is 3.24 Å². The highest BCUT2D eigenvalue weighted by molar-refractivity contribution is 4.85. The van der Waals surface area contributed by atoms with Crippen molar-refractivity contribution in [2.75, 3.05) is 13.1 Å². The van der Waals surface area contributed by atoms with Gasteiger partial charge in [-0.2, -0.15) is 13.2 Å². The van der Waals surface area contributed by atoms with Crippen LogP contribution in [-0.4, -0.2) is 30.2 Å². The Kier molecular flexibility index (Phi) is 3.22. The Bertz CT molecular complexity index is 165. The maximum atomic E-state index is 11.9. The highest BCUT2D eigenvalue weighted by Gasteiger charge is 2.34. The maximum absolute atomic E-state index is 11.9. The van der Waals surface area contributed by atoms with Crippen molar-refractivity contribution in [3.8, 4) is 0 Å². The molecule has 0 N–H and O–H groups in total. The van der Waals surface area contributed by atoms with Crippen LogP contribution >= 0.6 is 0 Å². The molecule has 0 amide bonds. The lowest BCUT2D eigenvalue weighted by molar-refractivity contribution is -0.143. The van der Waals surface area contributed by atoms with Gasteiger partial charge in [-0.3, -0.25) is 4.90 Å². The van der Waals surface area contributed by atoms with Gasteiger partial charge in [-0.1, -0.05) is 13.8 Å². The first-order valence-corrected chi connectivity index (χ1v) is 4.71. The zero-order chi connectivity index (χ0) is 10.1. The first-order valence-electron chi connectivity index (χ1n) is 4.71. The summed E-state index contributed by atoms with van der Waals surface area (Å²) in [6, 6.07) is 0.377. The number of hydrogen-bond donors (Lipinski definition) is 0. The van der Waals surface area contributed by atoms with E-state index in [1.807, 2.05) is 4.90 Å². The van der Waals surface area contributed by atoms with E-state index < -0.39 is 12.6 Å². The van der Waals surface area contributed by atoms with Crippen molar-refractivity contribution in [2.24, 2.45) is 5.92 Å². The Morgan fingerprint density at radius 3 is 2.31 bits per heavy atom. The molecular formula is C9H16F3N. The van der Waals surface area contributed by atoms with Crippen molar-refractivity contribution in [1.82, 2.24) is 4.90 Å². The van der Waals surface area contributed by atoms with Crippen LogP contribution < -0.4 is 0 Å². The minimum absolute atomic E-state index is 0.173. The van der Waals surface area contributed by atoms with E-state index in [9.17, 15) is 13.2 Å². The smallest absolute Gasteiger partial charge is 0.300 e. The normalized spacial score (nSPS) is 24.9. The predicted molar refractivity (Wildman–Crippen MR) is 45.5 cm³/mol. The average molecular weight is 195 g/mol. The van der Waals surface area contributed by atoms with E-state index >= 15 is 0 Å². The summed E-state index contributed by atoms with van der Waals surface area (Å²) >= 11 is 0. The number of rotatable bonds is 3. The van der Waals surface area contributed by atoms with Crippen LogP contribution in [-0.2, 0) is 0 Å². The Hall–Kier alpha value is -0.250. The van der Waals surface area contributed by atoms with Crippen LogP contribution in [0, 0.1) is 5.92 Å². The largest absolute Gasteiger partial charge is 0.390 e. The van der Waals surface area contributed by atoms with Gasteiger partial charge in [0, 0.05) is 12.6 Å². The molecule has 1 heterocycles. The fourth-order valence-corrected chi connectivity index (χ4v) is 1.76. The summed E-state index contributed by atoms with van der Waals surface area (Å²) in [6.45, 7) is 5.13. The third-order valence-electron chi connectivity index (χ3n) is 2.63. The molecule has 1 unspecified atom stereocenters. The number of alkyl halides is 3. The van der Waals surface area contributed by atoms with Crippen molar-refractivity contribution in [1.29, 1.82) is 0 Å². The van der Waals surface area contributed by atoms with Crippen LogP contribution in [0.4, 0.5) is 13.2 Å². The first-order chi connectivity index (χ1) is 5.90. The highest BCUT2D eigenvalue weighted by Crippen LogP contribution is 2.27. The molecule has 0 aromatic rings. The lowest BCUT2D eigenvalue weighted by Gasteiger charge is -2.43. The van der Waals surface area contributed by atoms with E-state index in [-0.39, 0.29) is 6.54 Å². The van der Waals surface area contributed by atoms with Gasteiger partial charge in [0.05, 0.1) is 6.42 Å². The zero-order valence-electron chi connectivity index (χ0n) is 8.06. The Morgan fingerprint density at radius 1 is 1.38 bits per heavy atom. The molecule has 0 aromatic carbocycles. The zero-order valence-corrected chi connectivity index (χ0v) is 8.06. The lowest BCUT2D eigenvalue weighted by Crippen LogP contribution is -2.51. The molecule has 0 saturated carbocycles. The summed E-state index contributed by atoms with van der Waals surface area (Å²) < 4.78 is 35.6. The SMILES string of the molecule is CC(C)C1CCN1CCC(F)(F)F. The van der Waals surface area contributed by atoms with E-state index in [4.69, 9.17) is 0 Å². The van der Waals surface area contributed by atoms with Crippen LogP contribution in [0.25, 0.3) is 0 Å². The average Bonchev–Trinajstić information content (AvgIpc) is 1.79. The summed E-state index contributed by atoms with van der Waals surface area (Å²) in [6.07, 6.45) is -3.62. The van der Waals surface area contributed by atoms with Crippen LogP contribution in [0.15, 0.2) is 0 Å². The molecule has 4 heteroatoms. The van der Waals surface area contributed by atoms with Gasteiger partial charge in [0.15, 0.2) is 0 Å². The summed E-state index contributed by atoms with van der Waals surface area (Å²) in [5.41, 5.74) is 0. The molecule has 1 nitrogen and oxygen atoms in total. The standard InChI is InChI=1S/C9H16F3N/c1-7(2)8-3-5-13(8)6-4-9(10,11)12/h7-8H,3-6H2,1-2H3. The molecule has 13 heavy (non-hydrogen) atoms. The third-order valence-corrected chi connectivity index (χ3v) is 2.63. The molecular weight excluding hydrogens is 179 g/mol. The third kappa shape index (κ3) is 3.18. The summed E-state index contributed by atoms with van der Waals surface area (Å²) in [5, 5.41) is 0. The maximum Gasteiger partial charge on any atom is 0.390 e. The Morgan fingerprint density at radius 2 is 2.00 bits per heavy atom. The second kappa shape index (κ2) is 3.86. The molecule has 0 bridgehead atoms. The number of hydrogen-bond acceptors (Lipinski definition) is 1. The molecule has 0 spiro atoms. The molecule has 0 aromatic heterocycles. The van der Waals surface area contributed by atoms with Crippen LogP contribution in [0.5, 0.6) is 0 Å². The molecule has 1 aliphatic rings. The van der Waals surface area contributed by atoms with Crippen LogP contribution in [0.1, 0.15) is 26.7 Å². The monoisotopic (exact) mass is 195 g/mol. The molecule has 1 saturated heterocycles. The molecule has 1 atom stereocenters. The lowest BCUT2D eigenvalue weighted by atomic mass is 9.92. The molecule has 1 rings (SSSR count). The van der Waals surface area contributed by atoms with Crippen molar-refractivity contribution in [3.05, 3.63) is 0 Å². The molecule has 1 fully saturated rings. The van der Waals surface area contributed by atoms with Crippen molar-refractivity contribution >= 4 is 0 Å². The highest BCUT2D eigenvalue weighted by atomic mass is 19.4. The predicted octanol–water partition coefficient (Wildman–Crippen LogP) is 2.67. The Balaban J connectivity index is 2.23. The van der Waals surface area contributed by atoms with Gasteiger partial charge in [-0.05, 0) is 18.9 Å². The second-order valence-corrected chi connectivity index (χ2v) is 4.00. The van der Waals surface area contributed by atoms with E-state index in [1.54, 1.807) is 0 Å². The van der Waals surface area contributed by atoms with Crippen molar-refractivity contribution < 1.29 is 13.2 Å². The minimum Gasteiger partial charge on any atom is -0.300 e. The van der Waals surface area contributed by atoms with Gasteiger partial charge in [-0.15, -0.1) is 0 Å².